The summed E-state index contributed by atoms with van der Waals surface area (Å²) < 4.78 is 15.2. The average molecular weight is 320 g/mol. The summed E-state index contributed by atoms with van der Waals surface area (Å²) >= 11 is 0. The molecule has 2 amide bonds. The number of amides is 2. The minimum absolute atomic E-state index is 0.316. The molecular formula is C16H20N2O5. The number of furan rings is 1. The lowest BCUT2D eigenvalue weighted by molar-refractivity contribution is 0.166. The lowest BCUT2D eigenvalue weighted by atomic mass is 10.1. The van der Waals surface area contributed by atoms with Crippen LogP contribution in [0.2, 0.25) is 0 Å². The van der Waals surface area contributed by atoms with Gasteiger partial charge in [-0.3, -0.25) is 0 Å². The van der Waals surface area contributed by atoms with Crippen molar-refractivity contribution in [3.63, 3.8) is 0 Å². The molecule has 0 aliphatic heterocycles. The first-order chi connectivity index (χ1) is 11.1. The van der Waals surface area contributed by atoms with Crippen LogP contribution in [0.15, 0.2) is 41.2 Å². The van der Waals surface area contributed by atoms with E-state index in [0.717, 1.165) is 0 Å². The standard InChI is InChI=1S/C16H20N2O5/c1-21-12-3-4-13(15(9-12)22-2)18-16(20)17-7-5-14(19)11-6-8-23-10-11/h3-4,6,8-10,14,19H,5,7H2,1-2H3,(H2,17,18,20). The third-order valence-corrected chi connectivity index (χ3v) is 3.29. The highest BCUT2D eigenvalue weighted by atomic mass is 16.5. The number of aliphatic hydroxyl groups is 1. The van der Waals surface area contributed by atoms with E-state index < -0.39 is 6.10 Å². The SMILES string of the molecule is COc1ccc(NC(=O)NCCC(O)c2ccoc2)c(OC)c1. The second-order valence-electron chi connectivity index (χ2n) is 4.81. The molecule has 1 aromatic heterocycles. The van der Waals surface area contributed by atoms with Crippen LogP contribution in [0.3, 0.4) is 0 Å². The lowest BCUT2D eigenvalue weighted by Crippen LogP contribution is -2.30. The molecule has 124 valence electrons. The number of rotatable bonds is 7. The van der Waals surface area contributed by atoms with E-state index in [-0.39, 0.29) is 6.03 Å². The summed E-state index contributed by atoms with van der Waals surface area (Å²) in [6, 6.07) is 6.40. The van der Waals surface area contributed by atoms with Crippen LogP contribution in [0.4, 0.5) is 10.5 Å². The maximum Gasteiger partial charge on any atom is 0.319 e. The fourth-order valence-electron chi connectivity index (χ4n) is 2.02. The minimum atomic E-state index is -0.676. The third kappa shape index (κ3) is 4.65. The number of anilines is 1. The molecule has 7 nitrogen and oxygen atoms in total. The molecule has 0 bridgehead atoms. The van der Waals surface area contributed by atoms with Gasteiger partial charge in [-0.2, -0.15) is 0 Å². The van der Waals surface area contributed by atoms with Crippen molar-refractivity contribution < 1.29 is 23.8 Å². The van der Waals surface area contributed by atoms with E-state index in [1.165, 1.54) is 19.6 Å². The number of ether oxygens (including phenoxy) is 2. The second kappa shape index (κ2) is 8.09. The Bertz CT molecular complexity index is 627. The van der Waals surface area contributed by atoms with Crippen LogP contribution in [0.1, 0.15) is 18.1 Å². The quantitative estimate of drug-likeness (QED) is 0.729. The van der Waals surface area contributed by atoms with Crippen molar-refractivity contribution in [1.82, 2.24) is 5.32 Å². The topological polar surface area (TPSA) is 93.0 Å². The predicted octanol–water partition coefficient (Wildman–Crippen LogP) is 2.54. The molecule has 1 unspecified atom stereocenters. The normalized spacial score (nSPS) is 11.6. The zero-order valence-corrected chi connectivity index (χ0v) is 13.0. The van der Waals surface area contributed by atoms with E-state index in [0.29, 0.717) is 35.7 Å². The molecule has 0 fully saturated rings. The first-order valence-electron chi connectivity index (χ1n) is 7.11. The molecule has 2 aromatic rings. The highest BCUT2D eigenvalue weighted by molar-refractivity contribution is 5.91. The summed E-state index contributed by atoms with van der Waals surface area (Å²) in [5.41, 5.74) is 1.21. The fraction of sp³-hybridized carbons (Fsp3) is 0.312. The molecule has 1 atom stereocenters. The van der Waals surface area contributed by atoms with Gasteiger partial charge in [-0.1, -0.05) is 0 Å². The highest BCUT2D eigenvalue weighted by Gasteiger charge is 2.11. The molecular weight excluding hydrogens is 300 g/mol. The maximum absolute atomic E-state index is 11.9. The molecule has 0 saturated heterocycles. The number of benzene rings is 1. The average Bonchev–Trinajstić information content (AvgIpc) is 3.09. The number of carbonyl (C=O) groups is 1. The number of hydrogen-bond acceptors (Lipinski definition) is 5. The summed E-state index contributed by atoms with van der Waals surface area (Å²) in [6.07, 6.45) is 2.68. The summed E-state index contributed by atoms with van der Waals surface area (Å²) in [7, 11) is 3.07. The van der Waals surface area contributed by atoms with E-state index in [2.05, 4.69) is 10.6 Å². The van der Waals surface area contributed by atoms with Crippen molar-refractivity contribution in [2.75, 3.05) is 26.1 Å². The van der Waals surface area contributed by atoms with Crippen LogP contribution < -0.4 is 20.1 Å². The van der Waals surface area contributed by atoms with Crippen molar-refractivity contribution in [3.8, 4) is 11.5 Å². The minimum Gasteiger partial charge on any atom is -0.497 e. The fourth-order valence-corrected chi connectivity index (χ4v) is 2.02. The zero-order valence-electron chi connectivity index (χ0n) is 13.0. The summed E-state index contributed by atoms with van der Waals surface area (Å²) in [6.45, 7) is 0.316. The van der Waals surface area contributed by atoms with Crippen molar-refractivity contribution >= 4 is 11.7 Å². The van der Waals surface area contributed by atoms with Crippen molar-refractivity contribution in [1.29, 1.82) is 0 Å². The Morgan fingerprint density at radius 2 is 2.13 bits per heavy atom. The van der Waals surface area contributed by atoms with Gasteiger partial charge in [0.25, 0.3) is 0 Å². The van der Waals surface area contributed by atoms with Gasteiger partial charge < -0.3 is 29.6 Å². The van der Waals surface area contributed by atoms with Gasteiger partial charge in [0.05, 0.1) is 38.5 Å². The zero-order chi connectivity index (χ0) is 16.7. The largest absolute Gasteiger partial charge is 0.497 e. The van der Waals surface area contributed by atoms with E-state index in [1.807, 2.05) is 0 Å². The highest BCUT2D eigenvalue weighted by Crippen LogP contribution is 2.28. The summed E-state index contributed by atoms with van der Waals surface area (Å²) in [4.78, 5) is 11.9. The number of methoxy groups -OCH3 is 2. The van der Waals surface area contributed by atoms with Crippen LogP contribution in [0, 0.1) is 0 Å². The second-order valence-corrected chi connectivity index (χ2v) is 4.81. The van der Waals surface area contributed by atoms with Crippen molar-refractivity contribution in [2.45, 2.75) is 12.5 Å². The van der Waals surface area contributed by atoms with Gasteiger partial charge >= 0.3 is 6.03 Å². The van der Waals surface area contributed by atoms with E-state index >= 15 is 0 Å². The molecule has 0 spiro atoms. The first-order valence-corrected chi connectivity index (χ1v) is 7.11. The molecule has 1 heterocycles. The Labute approximate surface area is 134 Å². The molecule has 2 rings (SSSR count). The van der Waals surface area contributed by atoms with Gasteiger partial charge in [0, 0.05) is 18.2 Å². The monoisotopic (exact) mass is 320 g/mol. The smallest absolute Gasteiger partial charge is 0.319 e. The van der Waals surface area contributed by atoms with Crippen LogP contribution in [-0.2, 0) is 0 Å². The molecule has 1 aromatic carbocycles. The molecule has 0 aliphatic carbocycles. The Morgan fingerprint density at radius 1 is 1.30 bits per heavy atom. The first kappa shape index (κ1) is 16.7. The molecule has 0 radical (unpaired) electrons. The van der Waals surface area contributed by atoms with Crippen LogP contribution in [0.25, 0.3) is 0 Å². The summed E-state index contributed by atoms with van der Waals surface area (Å²) in [5.74, 6) is 1.13. The number of aliphatic hydroxyl groups excluding tert-OH is 1. The van der Waals surface area contributed by atoms with Crippen molar-refractivity contribution in [2.24, 2.45) is 0 Å². The van der Waals surface area contributed by atoms with Gasteiger partial charge in [0.15, 0.2) is 0 Å². The Hall–Kier alpha value is -2.67. The summed E-state index contributed by atoms with van der Waals surface area (Å²) in [5, 5.41) is 15.3. The molecule has 23 heavy (non-hydrogen) atoms. The number of urea groups is 1. The predicted molar refractivity (Wildman–Crippen MR) is 84.9 cm³/mol. The van der Waals surface area contributed by atoms with Gasteiger partial charge in [-0.25, -0.2) is 4.79 Å². The molecule has 3 N–H and O–H groups in total. The number of hydrogen-bond donors (Lipinski definition) is 3. The van der Waals surface area contributed by atoms with Crippen LogP contribution in [0.5, 0.6) is 11.5 Å². The third-order valence-electron chi connectivity index (χ3n) is 3.29. The Kier molecular flexibility index (Phi) is 5.87. The van der Waals surface area contributed by atoms with Gasteiger partial charge in [0.1, 0.15) is 11.5 Å². The van der Waals surface area contributed by atoms with Crippen LogP contribution in [-0.4, -0.2) is 31.9 Å². The van der Waals surface area contributed by atoms with E-state index in [1.54, 1.807) is 31.4 Å². The molecule has 0 aliphatic rings. The van der Waals surface area contributed by atoms with Gasteiger partial charge in [-0.05, 0) is 24.6 Å². The Balaban J connectivity index is 1.83. The number of nitrogens with one attached hydrogen (secondary N) is 2. The van der Waals surface area contributed by atoms with Gasteiger partial charge in [0.2, 0.25) is 0 Å². The van der Waals surface area contributed by atoms with E-state index in [4.69, 9.17) is 13.9 Å². The molecule has 7 heteroatoms. The van der Waals surface area contributed by atoms with Crippen LogP contribution >= 0.6 is 0 Å². The maximum atomic E-state index is 11.9. The lowest BCUT2D eigenvalue weighted by Gasteiger charge is -2.13. The van der Waals surface area contributed by atoms with Crippen molar-refractivity contribution in [3.05, 3.63) is 42.4 Å². The van der Waals surface area contributed by atoms with E-state index in [9.17, 15) is 9.90 Å². The Morgan fingerprint density at radius 3 is 2.78 bits per heavy atom. The van der Waals surface area contributed by atoms with Gasteiger partial charge in [-0.15, -0.1) is 0 Å². The molecule has 0 saturated carbocycles. The number of carbonyl (C=O) groups excluding carboxylic acids is 1.